The molecule has 0 atom stereocenters. The van der Waals surface area contributed by atoms with Crippen LogP contribution in [0, 0.1) is 5.92 Å². The number of ether oxygens (including phenoxy) is 1. The van der Waals surface area contributed by atoms with Crippen LogP contribution < -0.4 is 10.1 Å². The Morgan fingerprint density at radius 3 is 2.48 bits per heavy atom. The van der Waals surface area contributed by atoms with Crippen LogP contribution in [0.25, 0.3) is 0 Å². The fourth-order valence-electron chi connectivity index (χ4n) is 2.43. The van der Waals surface area contributed by atoms with Crippen molar-refractivity contribution >= 4 is 31.9 Å². The van der Waals surface area contributed by atoms with E-state index in [0.29, 0.717) is 31.3 Å². The van der Waals surface area contributed by atoms with Gasteiger partial charge in [0.25, 0.3) is 5.91 Å². The number of hydrogen-bond donors (Lipinski definition) is 1. The molecule has 0 radical (unpaired) electrons. The first kappa shape index (κ1) is 18.2. The smallest absolute Gasteiger partial charge is 0.257 e. The zero-order valence-electron chi connectivity index (χ0n) is 13.0. The van der Waals surface area contributed by atoms with Gasteiger partial charge in [-0.05, 0) is 43.0 Å². The number of halogens is 1. The number of rotatable bonds is 6. The molecule has 1 aliphatic heterocycles. The monoisotopic (exact) mass is 404 g/mol. The van der Waals surface area contributed by atoms with Crippen molar-refractivity contribution < 1.29 is 17.9 Å². The lowest BCUT2D eigenvalue weighted by molar-refractivity contribution is -0.123. The summed E-state index contributed by atoms with van der Waals surface area (Å²) in [6.45, 7) is 1.58. The van der Waals surface area contributed by atoms with Gasteiger partial charge < -0.3 is 10.1 Å². The predicted octanol–water partition coefficient (Wildman–Crippen LogP) is 1.62. The SMILES string of the molecule is CS(=O)(=O)N1CCC(CNC(=O)COc2ccc(Br)cc2)CC1. The Morgan fingerprint density at radius 1 is 1.30 bits per heavy atom. The third-order valence-electron chi connectivity index (χ3n) is 3.81. The summed E-state index contributed by atoms with van der Waals surface area (Å²) in [6.07, 6.45) is 2.76. The number of nitrogens with one attached hydrogen (secondary N) is 1. The zero-order valence-corrected chi connectivity index (χ0v) is 15.4. The van der Waals surface area contributed by atoms with Gasteiger partial charge in [-0.2, -0.15) is 0 Å². The summed E-state index contributed by atoms with van der Waals surface area (Å²) in [5, 5.41) is 2.85. The first-order valence-electron chi connectivity index (χ1n) is 7.45. The Bertz CT molecular complexity index is 625. The summed E-state index contributed by atoms with van der Waals surface area (Å²) in [4.78, 5) is 11.8. The Labute approximate surface area is 145 Å². The van der Waals surface area contributed by atoms with Crippen LogP contribution in [-0.4, -0.2) is 51.1 Å². The molecule has 2 rings (SSSR count). The molecule has 1 aromatic carbocycles. The fraction of sp³-hybridized carbons (Fsp3) is 0.533. The Hall–Kier alpha value is -1.12. The molecule has 1 aromatic rings. The van der Waals surface area contributed by atoms with Gasteiger partial charge >= 0.3 is 0 Å². The highest BCUT2D eigenvalue weighted by molar-refractivity contribution is 9.10. The minimum absolute atomic E-state index is 0.0240. The zero-order chi connectivity index (χ0) is 16.9. The van der Waals surface area contributed by atoms with E-state index in [1.54, 1.807) is 12.1 Å². The summed E-state index contributed by atoms with van der Waals surface area (Å²) < 4.78 is 30.7. The van der Waals surface area contributed by atoms with Crippen molar-refractivity contribution in [3.05, 3.63) is 28.7 Å². The topological polar surface area (TPSA) is 75.7 Å². The van der Waals surface area contributed by atoms with Crippen molar-refractivity contribution in [3.63, 3.8) is 0 Å². The second kappa shape index (κ2) is 8.12. The fourth-order valence-corrected chi connectivity index (χ4v) is 3.57. The maximum absolute atomic E-state index is 11.8. The minimum atomic E-state index is -3.10. The van der Waals surface area contributed by atoms with Crippen LogP contribution in [-0.2, 0) is 14.8 Å². The molecule has 0 aromatic heterocycles. The van der Waals surface area contributed by atoms with Crippen molar-refractivity contribution in [3.8, 4) is 5.75 Å². The van der Waals surface area contributed by atoms with Crippen molar-refractivity contribution in [2.24, 2.45) is 5.92 Å². The first-order chi connectivity index (χ1) is 10.8. The summed E-state index contributed by atoms with van der Waals surface area (Å²) in [5.74, 6) is 0.785. The maximum atomic E-state index is 11.8. The highest BCUT2D eigenvalue weighted by atomic mass is 79.9. The molecule has 0 bridgehead atoms. The van der Waals surface area contributed by atoms with Gasteiger partial charge in [-0.25, -0.2) is 12.7 Å². The molecule has 8 heteroatoms. The molecule has 0 saturated carbocycles. The first-order valence-corrected chi connectivity index (χ1v) is 10.1. The van der Waals surface area contributed by atoms with Gasteiger partial charge in [-0.3, -0.25) is 4.79 Å². The van der Waals surface area contributed by atoms with E-state index < -0.39 is 10.0 Å². The number of sulfonamides is 1. The predicted molar refractivity (Wildman–Crippen MR) is 91.8 cm³/mol. The summed E-state index contributed by atoms with van der Waals surface area (Å²) >= 11 is 3.33. The van der Waals surface area contributed by atoms with Crippen LogP contribution in [0.1, 0.15) is 12.8 Å². The molecule has 1 N–H and O–H groups in total. The van der Waals surface area contributed by atoms with Crippen LogP contribution >= 0.6 is 15.9 Å². The molecule has 1 fully saturated rings. The number of amides is 1. The standard InChI is InChI=1S/C15H21BrN2O4S/c1-23(20,21)18-8-6-12(7-9-18)10-17-15(19)11-22-14-4-2-13(16)3-5-14/h2-5,12H,6-11H2,1H3,(H,17,19). The second-order valence-corrected chi connectivity index (χ2v) is 8.55. The normalized spacial score (nSPS) is 17.0. The third-order valence-corrected chi connectivity index (χ3v) is 5.65. The van der Waals surface area contributed by atoms with E-state index in [4.69, 9.17) is 4.74 Å². The van der Waals surface area contributed by atoms with Crippen molar-refractivity contribution in [1.29, 1.82) is 0 Å². The van der Waals surface area contributed by atoms with Crippen molar-refractivity contribution in [2.45, 2.75) is 12.8 Å². The molecule has 1 amide bonds. The van der Waals surface area contributed by atoms with Crippen LogP contribution in [0.3, 0.4) is 0 Å². The van der Waals surface area contributed by atoms with E-state index in [1.807, 2.05) is 12.1 Å². The quantitative estimate of drug-likeness (QED) is 0.781. The number of hydrogen-bond acceptors (Lipinski definition) is 4. The van der Waals surface area contributed by atoms with Gasteiger partial charge in [0.2, 0.25) is 10.0 Å². The van der Waals surface area contributed by atoms with Gasteiger partial charge in [-0.1, -0.05) is 15.9 Å². The molecule has 1 heterocycles. The van der Waals surface area contributed by atoms with Gasteiger partial charge in [-0.15, -0.1) is 0 Å². The summed E-state index contributed by atoms with van der Waals surface area (Å²) in [7, 11) is -3.10. The van der Waals surface area contributed by atoms with E-state index in [0.717, 1.165) is 17.3 Å². The van der Waals surface area contributed by atoms with Gasteiger partial charge in [0.05, 0.1) is 6.26 Å². The lowest BCUT2D eigenvalue weighted by Gasteiger charge is -2.30. The van der Waals surface area contributed by atoms with E-state index in [1.165, 1.54) is 10.6 Å². The molecule has 1 saturated heterocycles. The molecule has 0 unspecified atom stereocenters. The molecule has 0 spiro atoms. The van der Waals surface area contributed by atoms with Gasteiger partial charge in [0.1, 0.15) is 5.75 Å². The summed E-state index contributed by atoms with van der Waals surface area (Å²) in [6, 6.07) is 7.28. The number of nitrogens with zero attached hydrogens (tertiary/aromatic N) is 1. The average molecular weight is 405 g/mol. The largest absolute Gasteiger partial charge is 0.484 e. The molecule has 0 aliphatic carbocycles. The summed E-state index contributed by atoms with van der Waals surface area (Å²) in [5.41, 5.74) is 0. The van der Waals surface area contributed by atoms with Gasteiger partial charge in [0.15, 0.2) is 6.61 Å². The second-order valence-electron chi connectivity index (χ2n) is 5.65. The van der Waals surface area contributed by atoms with Gasteiger partial charge in [0, 0.05) is 24.1 Å². The number of piperidine rings is 1. The Kier molecular flexibility index (Phi) is 6.43. The van der Waals surface area contributed by atoms with Crippen LogP contribution in [0.5, 0.6) is 5.75 Å². The van der Waals surface area contributed by atoms with Crippen molar-refractivity contribution in [2.75, 3.05) is 32.5 Å². The maximum Gasteiger partial charge on any atom is 0.257 e. The van der Waals surface area contributed by atoms with E-state index >= 15 is 0 Å². The van der Waals surface area contributed by atoms with Crippen LogP contribution in [0.2, 0.25) is 0 Å². The van der Waals surface area contributed by atoms with Crippen LogP contribution in [0.4, 0.5) is 0 Å². The lowest BCUT2D eigenvalue weighted by atomic mass is 9.98. The molecule has 23 heavy (non-hydrogen) atoms. The lowest BCUT2D eigenvalue weighted by Crippen LogP contribution is -2.41. The highest BCUT2D eigenvalue weighted by Crippen LogP contribution is 2.18. The van der Waals surface area contributed by atoms with E-state index in [2.05, 4.69) is 21.2 Å². The molecule has 128 valence electrons. The number of benzene rings is 1. The molecular formula is C15H21BrN2O4S. The number of carbonyl (C=O) groups excluding carboxylic acids is 1. The average Bonchev–Trinajstić information content (AvgIpc) is 2.52. The molecule has 1 aliphatic rings. The minimum Gasteiger partial charge on any atom is -0.484 e. The Morgan fingerprint density at radius 2 is 1.91 bits per heavy atom. The Balaban J connectivity index is 1.66. The van der Waals surface area contributed by atoms with Crippen LogP contribution in [0.15, 0.2) is 28.7 Å². The number of carbonyl (C=O) groups is 1. The molecular weight excluding hydrogens is 384 g/mol. The van der Waals surface area contributed by atoms with Crippen molar-refractivity contribution in [1.82, 2.24) is 9.62 Å². The highest BCUT2D eigenvalue weighted by Gasteiger charge is 2.24. The van der Waals surface area contributed by atoms with E-state index in [-0.39, 0.29) is 12.5 Å². The third kappa shape index (κ3) is 6.12. The van der Waals surface area contributed by atoms with E-state index in [9.17, 15) is 13.2 Å². The molecule has 6 nitrogen and oxygen atoms in total.